The van der Waals surface area contributed by atoms with Gasteiger partial charge in [-0.25, -0.2) is 0 Å². The topological polar surface area (TPSA) is 23.8 Å². The number of hydrogen-bond acceptors (Lipinski definition) is 1. The van der Waals surface area contributed by atoms with E-state index in [1.54, 1.807) is 0 Å². The highest BCUT2D eigenvalue weighted by atomic mass is 14.4. The van der Waals surface area contributed by atoms with E-state index >= 15 is 0 Å². The standard InChI is InChI=1S/C12H19N/c13-9-8-11-6-3-5-10-4-1-2-7-12(10)11/h10-12H,1-8H2. The molecule has 1 nitrogen and oxygen atoms in total. The van der Waals surface area contributed by atoms with Crippen LogP contribution in [0.1, 0.15) is 51.4 Å². The van der Waals surface area contributed by atoms with Crippen LogP contribution in [0.15, 0.2) is 0 Å². The lowest BCUT2D eigenvalue weighted by molar-refractivity contribution is 0.106. The summed E-state index contributed by atoms with van der Waals surface area (Å²) >= 11 is 0. The van der Waals surface area contributed by atoms with Crippen molar-refractivity contribution in [1.29, 1.82) is 5.26 Å². The van der Waals surface area contributed by atoms with Crippen molar-refractivity contribution < 1.29 is 0 Å². The fourth-order valence-corrected chi connectivity index (χ4v) is 3.44. The number of nitriles is 1. The van der Waals surface area contributed by atoms with Crippen LogP contribution < -0.4 is 0 Å². The smallest absolute Gasteiger partial charge is 0.0624 e. The third kappa shape index (κ3) is 1.88. The fourth-order valence-electron chi connectivity index (χ4n) is 3.44. The van der Waals surface area contributed by atoms with Crippen molar-refractivity contribution in [3.05, 3.63) is 0 Å². The van der Waals surface area contributed by atoms with Crippen molar-refractivity contribution in [3.63, 3.8) is 0 Å². The molecule has 0 aromatic carbocycles. The average molecular weight is 177 g/mol. The first kappa shape index (κ1) is 9.06. The van der Waals surface area contributed by atoms with Crippen LogP contribution in [0.5, 0.6) is 0 Å². The molecule has 2 fully saturated rings. The second-order valence-electron chi connectivity index (χ2n) is 4.76. The van der Waals surface area contributed by atoms with Crippen LogP contribution in [0.2, 0.25) is 0 Å². The number of fused-ring (bicyclic) bond motifs is 1. The van der Waals surface area contributed by atoms with Crippen LogP contribution in [0, 0.1) is 29.1 Å². The lowest BCUT2D eigenvalue weighted by Gasteiger charge is -2.40. The van der Waals surface area contributed by atoms with Crippen LogP contribution >= 0.6 is 0 Å². The molecule has 72 valence electrons. The molecule has 3 atom stereocenters. The van der Waals surface area contributed by atoms with E-state index in [-0.39, 0.29) is 0 Å². The minimum Gasteiger partial charge on any atom is -0.198 e. The first-order valence-corrected chi connectivity index (χ1v) is 5.79. The van der Waals surface area contributed by atoms with Gasteiger partial charge in [0.25, 0.3) is 0 Å². The largest absolute Gasteiger partial charge is 0.198 e. The normalized spacial score (nSPS) is 39.2. The zero-order valence-electron chi connectivity index (χ0n) is 8.34. The lowest BCUT2D eigenvalue weighted by Crippen LogP contribution is -2.30. The summed E-state index contributed by atoms with van der Waals surface area (Å²) in [5, 5.41) is 8.76. The zero-order valence-corrected chi connectivity index (χ0v) is 8.34. The van der Waals surface area contributed by atoms with Crippen molar-refractivity contribution in [2.75, 3.05) is 0 Å². The van der Waals surface area contributed by atoms with Crippen LogP contribution in [-0.2, 0) is 0 Å². The second kappa shape index (κ2) is 4.13. The van der Waals surface area contributed by atoms with Gasteiger partial charge in [0.15, 0.2) is 0 Å². The molecule has 0 aliphatic heterocycles. The third-order valence-electron chi connectivity index (χ3n) is 4.08. The summed E-state index contributed by atoms with van der Waals surface area (Å²) in [5.74, 6) is 2.66. The fraction of sp³-hybridized carbons (Fsp3) is 0.917. The second-order valence-corrected chi connectivity index (χ2v) is 4.76. The molecule has 2 aliphatic rings. The Morgan fingerprint density at radius 1 is 1.00 bits per heavy atom. The average Bonchev–Trinajstić information content (AvgIpc) is 2.19. The summed E-state index contributed by atoms with van der Waals surface area (Å²) in [6.07, 6.45) is 10.7. The predicted octanol–water partition coefficient (Wildman–Crippen LogP) is 3.51. The van der Waals surface area contributed by atoms with Gasteiger partial charge in [-0.05, 0) is 30.6 Å². The maximum Gasteiger partial charge on any atom is 0.0624 e. The van der Waals surface area contributed by atoms with Crippen LogP contribution in [0.3, 0.4) is 0 Å². The summed E-state index contributed by atoms with van der Waals surface area (Å²) in [5.41, 5.74) is 0. The van der Waals surface area contributed by atoms with Gasteiger partial charge in [-0.2, -0.15) is 5.26 Å². The molecule has 13 heavy (non-hydrogen) atoms. The quantitative estimate of drug-likeness (QED) is 0.601. The van der Waals surface area contributed by atoms with Crippen molar-refractivity contribution in [2.45, 2.75) is 51.4 Å². The summed E-state index contributed by atoms with van der Waals surface area (Å²) in [6.45, 7) is 0. The monoisotopic (exact) mass is 177 g/mol. The molecule has 0 radical (unpaired) electrons. The van der Waals surface area contributed by atoms with E-state index in [0.717, 1.165) is 24.2 Å². The molecule has 0 spiro atoms. The van der Waals surface area contributed by atoms with Crippen LogP contribution in [0.25, 0.3) is 0 Å². The molecule has 2 saturated carbocycles. The van der Waals surface area contributed by atoms with Gasteiger partial charge in [0.05, 0.1) is 6.07 Å². The van der Waals surface area contributed by atoms with E-state index in [1.807, 2.05) is 0 Å². The minimum atomic E-state index is 0.754. The third-order valence-corrected chi connectivity index (χ3v) is 4.08. The summed E-state index contributed by atoms with van der Waals surface area (Å²) in [4.78, 5) is 0. The molecule has 1 heteroatoms. The maximum atomic E-state index is 8.76. The Kier molecular flexibility index (Phi) is 2.88. The van der Waals surface area contributed by atoms with Crippen molar-refractivity contribution in [1.82, 2.24) is 0 Å². The van der Waals surface area contributed by atoms with Gasteiger partial charge < -0.3 is 0 Å². The molecular weight excluding hydrogens is 158 g/mol. The van der Waals surface area contributed by atoms with E-state index in [2.05, 4.69) is 6.07 Å². The molecule has 2 aliphatic carbocycles. The molecule has 0 saturated heterocycles. The van der Waals surface area contributed by atoms with Gasteiger partial charge >= 0.3 is 0 Å². The highest BCUT2D eigenvalue weighted by Gasteiger charge is 2.34. The predicted molar refractivity (Wildman–Crippen MR) is 53.0 cm³/mol. The van der Waals surface area contributed by atoms with E-state index < -0.39 is 0 Å². The van der Waals surface area contributed by atoms with Gasteiger partial charge in [0, 0.05) is 6.42 Å². The van der Waals surface area contributed by atoms with Gasteiger partial charge in [-0.3, -0.25) is 0 Å². The Bertz CT molecular complexity index is 202. The zero-order chi connectivity index (χ0) is 9.10. The SMILES string of the molecule is N#CCC1CCCC2CCCCC12. The molecule has 3 unspecified atom stereocenters. The molecule has 0 heterocycles. The molecule has 0 aromatic rings. The van der Waals surface area contributed by atoms with Gasteiger partial charge in [-0.1, -0.05) is 32.1 Å². The number of rotatable bonds is 1. The maximum absolute atomic E-state index is 8.76. The first-order valence-electron chi connectivity index (χ1n) is 5.79. The van der Waals surface area contributed by atoms with Crippen LogP contribution in [0.4, 0.5) is 0 Å². The number of nitrogens with zero attached hydrogens (tertiary/aromatic N) is 1. The molecular formula is C12H19N. The molecule has 2 rings (SSSR count). The molecule has 0 N–H and O–H groups in total. The summed E-state index contributed by atoms with van der Waals surface area (Å²) < 4.78 is 0. The number of hydrogen-bond donors (Lipinski definition) is 0. The Labute approximate surface area is 81.1 Å². The minimum absolute atomic E-state index is 0.754. The van der Waals surface area contributed by atoms with E-state index in [1.165, 1.54) is 44.9 Å². The van der Waals surface area contributed by atoms with Crippen molar-refractivity contribution in [3.8, 4) is 6.07 Å². The van der Waals surface area contributed by atoms with E-state index in [4.69, 9.17) is 5.26 Å². The highest BCUT2D eigenvalue weighted by Crippen LogP contribution is 2.44. The summed E-state index contributed by atoms with van der Waals surface area (Å²) in [6, 6.07) is 2.37. The van der Waals surface area contributed by atoms with E-state index in [9.17, 15) is 0 Å². The van der Waals surface area contributed by atoms with Crippen molar-refractivity contribution in [2.24, 2.45) is 17.8 Å². The molecule has 0 bridgehead atoms. The Morgan fingerprint density at radius 2 is 1.77 bits per heavy atom. The Balaban J connectivity index is 1.99. The summed E-state index contributed by atoms with van der Waals surface area (Å²) in [7, 11) is 0. The highest BCUT2D eigenvalue weighted by molar-refractivity contribution is 4.89. The van der Waals surface area contributed by atoms with Gasteiger partial charge in [0.2, 0.25) is 0 Å². The lowest BCUT2D eigenvalue weighted by atomic mass is 9.65. The van der Waals surface area contributed by atoms with Gasteiger partial charge in [-0.15, -0.1) is 0 Å². The molecule has 0 amide bonds. The van der Waals surface area contributed by atoms with E-state index in [0.29, 0.717) is 0 Å². The molecule has 0 aromatic heterocycles. The van der Waals surface area contributed by atoms with Crippen molar-refractivity contribution >= 4 is 0 Å². The van der Waals surface area contributed by atoms with Gasteiger partial charge in [0.1, 0.15) is 0 Å². The first-order chi connectivity index (χ1) is 6.42. The van der Waals surface area contributed by atoms with Crippen LogP contribution in [-0.4, -0.2) is 0 Å². The Morgan fingerprint density at radius 3 is 2.62 bits per heavy atom. The Hall–Kier alpha value is -0.510.